The zero-order chi connectivity index (χ0) is 13.8. The van der Waals surface area contributed by atoms with Gasteiger partial charge in [0.2, 0.25) is 0 Å². The Kier molecular flexibility index (Phi) is 5.27. The second-order valence-electron chi connectivity index (χ2n) is 5.52. The fourth-order valence-corrected chi connectivity index (χ4v) is 2.77. The Morgan fingerprint density at radius 3 is 2.61 bits per heavy atom. The molecule has 0 aliphatic heterocycles. The summed E-state index contributed by atoms with van der Waals surface area (Å²) in [5.74, 6) is 1.38. The second kappa shape index (κ2) is 6.28. The van der Waals surface area contributed by atoms with Crippen LogP contribution in [0.15, 0.2) is 23.1 Å². The molecule has 0 spiro atoms. The average Bonchev–Trinajstić information content (AvgIpc) is 2.28. The minimum atomic E-state index is -0.164. The number of aryl methyl sites for hydroxylation is 2. The van der Waals surface area contributed by atoms with Crippen molar-refractivity contribution in [3.05, 3.63) is 29.3 Å². The van der Waals surface area contributed by atoms with Gasteiger partial charge in [0.05, 0.1) is 5.84 Å². The van der Waals surface area contributed by atoms with E-state index in [9.17, 15) is 0 Å². The largest absolute Gasteiger partial charge is 0.387 e. The molecular formula is C15H24N2S. The van der Waals surface area contributed by atoms with Crippen molar-refractivity contribution >= 4 is 17.6 Å². The van der Waals surface area contributed by atoms with Crippen LogP contribution in [0.5, 0.6) is 0 Å². The van der Waals surface area contributed by atoms with Crippen LogP contribution in [0.25, 0.3) is 0 Å². The Morgan fingerprint density at radius 1 is 1.33 bits per heavy atom. The van der Waals surface area contributed by atoms with Gasteiger partial charge in [0.1, 0.15) is 0 Å². The normalized spacial score (nSPS) is 11.6. The quantitative estimate of drug-likeness (QED) is 0.351. The van der Waals surface area contributed by atoms with Crippen LogP contribution in [-0.4, -0.2) is 11.6 Å². The van der Waals surface area contributed by atoms with Crippen LogP contribution in [0.2, 0.25) is 0 Å². The maximum atomic E-state index is 7.53. The van der Waals surface area contributed by atoms with E-state index in [0.717, 1.165) is 18.6 Å². The molecule has 0 fully saturated rings. The van der Waals surface area contributed by atoms with Crippen molar-refractivity contribution in [1.82, 2.24) is 0 Å². The molecule has 0 aromatic heterocycles. The first-order valence-electron chi connectivity index (χ1n) is 6.37. The highest BCUT2D eigenvalue weighted by molar-refractivity contribution is 7.99. The van der Waals surface area contributed by atoms with Crippen molar-refractivity contribution < 1.29 is 0 Å². The van der Waals surface area contributed by atoms with Crippen molar-refractivity contribution in [2.45, 2.75) is 45.4 Å². The minimum Gasteiger partial charge on any atom is -0.387 e. The molecule has 0 heterocycles. The minimum absolute atomic E-state index is 0.164. The molecule has 3 N–H and O–H groups in total. The van der Waals surface area contributed by atoms with E-state index in [1.165, 1.54) is 16.0 Å². The second-order valence-corrected chi connectivity index (χ2v) is 6.66. The highest BCUT2D eigenvalue weighted by Crippen LogP contribution is 2.27. The van der Waals surface area contributed by atoms with E-state index >= 15 is 0 Å². The van der Waals surface area contributed by atoms with Gasteiger partial charge in [-0.3, -0.25) is 5.41 Å². The molecule has 100 valence electrons. The van der Waals surface area contributed by atoms with Crippen LogP contribution in [0.1, 0.15) is 37.8 Å². The number of rotatable bonds is 6. The maximum absolute atomic E-state index is 7.53. The summed E-state index contributed by atoms with van der Waals surface area (Å²) in [6.45, 7) is 8.36. The molecule has 1 aromatic carbocycles. The molecule has 18 heavy (non-hydrogen) atoms. The molecule has 3 heteroatoms. The SMILES string of the molecule is Cc1ccc(C)c(SCCCC(C)(C)C(=N)N)c1. The molecule has 1 aromatic rings. The van der Waals surface area contributed by atoms with Crippen LogP contribution in [0.4, 0.5) is 0 Å². The Bertz CT molecular complexity index is 425. The van der Waals surface area contributed by atoms with E-state index in [1.807, 2.05) is 25.6 Å². The van der Waals surface area contributed by atoms with Gasteiger partial charge in [-0.1, -0.05) is 31.5 Å². The summed E-state index contributed by atoms with van der Waals surface area (Å²) in [5.41, 5.74) is 8.08. The van der Waals surface area contributed by atoms with E-state index in [1.54, 1.807) is 0 Å². The highest BCUT2D eigenvalue weighted by atomic mass is 32.2. The smallest absolute Gasteiger partial charge is 0.0963 e. The van der Waals surface area contributed by atoms with Crippen molar-refractivity contribution in [2.75, 3.05) is 5.75 Å². The third-order valence-electron chi connectivity index (χ3n) is 3.28. The van der Waals surface area contributed by atoms with E-state index in [-0.39, 0.29) is 5.41 Å². The van der Waals surface area contributed by atoms with Gasteiger partial charge in [0.25, 0.3) is 0 Å². The molecule has 0 bridgehead atoms. The summed E-state index contributed by atoms with van der Waals surface area (Å²) in [5, 5.41) is 7.53. The Hall–Kier alpha value is -0.960. The number of benzene rings is 1. The zero-order valence-corrected chi connectivity index (χ0v) is 12.7. The van der Waals surface area contributed by atoms with Gasteiger partial charge < -0.3 is 5.73 Å². The molecule has 0 atom stereocenters. The summed E-state index contributed by atoms with van der Waals surface area (Å²) in [7, 11) is 0. The molecule has 0 saturated carbocycles. The number of nitrogens with two attached hydrogens (primary N) is 1. The number of thioether (sulfide) groups is 1. The highest BCUT2D eigenvalue weighted by Gasteiger charge is 2.20. The lowest BCUT2D eigenvalue weighted by molar-refractivity contribution is 0.464. The summed E-state index contributed by atoms with van der Waals surface area (Å²) in [4.78, 5) is 1.37. The van der Waals surface area contributed by atoms with Gasteiger partial charge in [-0.2, -0.15) is 0 Å². The van der Waals surface area contributed by atoms with Crippen LogP contribution >= 0.6 is 11.8 Å². The summed E-state index contributed by atoms with van der Waals surface area (Å²) in [6, 6.07) is 6.57. The fraction of sp³-hybridized carbons (Fsp3) is 0.533. The van der Waals surface area contributed by atoms with Crippen molar-refractivity contribution in [2.24, 2.45) is 11.1 Å². The molecule has 2 nitrogen and oxygen atoms in total. The third-order valence-corrected chi connectivity index (χ3v) is 4.52. The van der Waals surface area contributed by atoms with Crippen LogP contribution in [-0.2, 0) is 0 Å². The van der Waals surface area contributed by atoms with Gasteiger partial charge in [0, 0.05) is 10.3 Å². The molecule has 0 aliphatic carbocycles. The Labute approximate surface area is 115 Å². The van der Waals surface area contributed by atoms with Crippen molar-refractivity contribution in [3.8, 4) is 0 Å². The van der Waals surface area contributed by atoms with Gasteiger partial charge in [-0.15, -0.1) is 11.8 Å². The van der Waals surface area contributed by atoms with Gasteiger partial charge in [-0.25, -0.2) is 0 Å². The van der Waals surface area contributed by atoms with Gasteiger partial charge in [-0.05, 0) is 44.1 Å². The molecular weight excluding hydrogens is 240 g/mol. The van der Waals surface area contributed by atoms with Crippen LogP contribution in [0.3, 0.4) is 0 Å². The van der Waals surface area contributed by atoms with Crippen molar-refractivity contribution in [3.63, 3.8) is 0 Å². The summed E-state index contributed by atoms with van der Waals surface area (Å²) < 4.78 is 0. The van der Waals surface area contributed by atoms with E-state index < -0.39 is 0 Å². The predicted octanol–water partition coefficient (Wildman–Crippen LogP) is 4.14. The first kappa shape index (κ1) is 15.1. The topological polar surface area (TPSA) is 49.9 Å². The summed E-state index contributed by atoms with van der Waals surface area (Å²) >= 11 is 1.90. The third kappa shape index (κ3) is 4.37. The molecule has 0 unspecified atom stereocenters. The van der Waals surface area contributed by atoms with E-state index in [4.69, 9.17) is 11.1 Å². The number of nitrogens with one attached hydrogen (secondary N) is 1. The number of hydrogen-bond acceptors (Lipinski definition) is 2. The number of amidine groups is 1. The van der Waals surface area contributed by atoms with Crippen molar-refractivity contribution in [1.29, 1.82) is 5.41 Å². The van der Waals surface area contributed by atoms with Gasteiger partial charge in [0.15, 0.2) is 0 Å². The first-order valence-corrected chi connectivity index (χ1v) is 7.36. The average molecular weight is 264 g/mol. The van der Waals surface area contributed by atoms with E-state index in [0.29, 0.717) is 5.84 Å². The monoisotopic (exact) mass is 264 g/mol. The van der Waals surface area contributed by atoms with Crippen LogP contribution < -0.4 is 5.73 Å². The molecule has 0 aliphatic rings. The molecule has 0 radical (unpaired) electrons. The number of hydrogen-bond donors (Lipinski definition) is 2. The standard InChI is InChI=1S/C15H24N2S/c1-11-6-7-12(2)13(10-11)18-9-5-8-15(3,4)14(16)17/h6-7,10H,5,8-9H2,1-4H3,(H3,16,17). The van der Waals surface area contributed by atoms with Crippen LogP contribution in [0, 0.1) is 24.7 Å². The maximum Gasteiger partial charge on any atom is 0.0963 e. The van der Waals surface area contributed by atoms with Gasteiger partial charge >= 0.3 is 0 Å². The lowest BCUT2D eigenvalue weighted by Crippen LogP contribution is -2.30. The predicted molar refractivity (Wildman–Crippen MR) is 81.6 cm³/mol. The lowest BCUT2D eigenvalue weighted by atomic mass is 9.87. The first-order chi connectivity index (χ1) is 8.33. The summed E-state index contributed by atoms with van der Waals surface area (Å²) in [6.07, 6.45) is 2.06. The van der Waals surface area contributed by atoms with E-state index in [2.05, 4.69) is 32.0 Å². The lowest BCUT2D eigenvalue weighted by Gasteiger charge is -2.22. The molecule has 0 saturated heterocycles. The Morgan fingerprint density at radius 2 is 2.00 bits per heavy atom. The Balaban J connectivity index is 2.43. The fourth-order valence-electron chi connectivity index (χ4n) is 1.69. The molecule has 0 amide bonds. The zero-order valence-electron chi connectivity index (χ0n) is 11.8. The molecule has 1 rings (SSSR count).